The van der Waals surface area contributed by atoms with Crippen molar-refractivity contribution in [1.29, 1.82) is 0 Å². The van der Waals surface area contributed by atoms with E-state index in [1.165, 1.54) is 57.8 Å². The molecule has 0 bridgehead atoms. The van der Waals surface area contributed by atoms with Crippen LogP contribution in [0.4, 0.5) is 0 Å². The van der Waals surface area contributed by atoms with Gasteiger partial charge >= 0.3 is 0 Å². The van der Waals surface area contributed by atoms with Crippen LogP contribution in [0.1, 0.15) is 78.6 Å². The van der Waals surface area contributed by atoms with Gasteiger partial charge in [-0.3, -0.25) is 0 Å². The van der Waals surface area contributed by atoms with E-state index in [1.807, 2.05) is 0 Å². The average molecular weight is 197 g/mol. The molecule has 0 N–H and O–H groups in total. The van der Waals surface area contributed by atoms with Crippen LogP contribution in [0.25, 0.3) is 0 Å². The van der Waals surface area contributed by atoms with E-state index in [1.54, 1.807) is 0 Å². The van der Waals surface area contributed by atoms with Crippen molar-refractivity contribution in [3.63, 3.8) is 0 Å². The zero-order valence-corrected chi connectivity index (χ0v) is 10.5. The Morgan fingerprint density at radius 2 is 1.57 bits per heavy atom. The Morgan fingerprint density at radius 1 is 0.857 bits per heavy atom. The first-order valence-electron chi connectivity index (χ1n) is 6.62. The lowest BCUT2D eigenvalue weighted by molar-refractivity contribution is 0.459. The van der Waals surface area contributed by atoms with E-state index >= 15 is 0 Å². The molecule has 0 fully saturated rings. The summed E-state index contributed by atoms with van der Waals surface area (Å²) in [6, 6.07) is 0. The minimum atomic E-state index is 0.944. The van der Waals surface area contributed by atoms with Gasteiger partial charge in [-0.05, 0) is 18.8 Å². The molecule has 1 unspecified atom stereocenters. The third-order valence-electron chi connectivity index (χ3n) is 2.93. The fourth-order valence-corrected chi connectivity index (χ4v) is 1.78. The van der Waals surface area contributed by atoms with Crippen molar-refractivity contribution in [1.82, 2.24) is 0 Å². The molecular formula is C14H29. The lowest BCUT2D eigenvalue weighted by Crippen LogP contribution is -1.95. The van der Waals surface area contributed by atoms with Gasteiger partial charge in [-0.1, -0.05) is 72.1 Å². The summed E-state index contributed by atoms with van der Waals surface area (Å²) in [5.74, 6) is 0.944. The average Bonchev–Trinajstić information content (AvgIpc) is 2.18. The van der Waals surface area contributed by atoms with Gasteiger partial charge in [0.05, 0.1) is 0 Å². The Balaban J connectivity index is 3.06. The van der Waals surface area contributed by atoms with Crippen LogP contribution in [0.5, 0.6) is 0 Å². The van der Waals surface area contributed by atoms with Crippen molar-refractivity contribution in [3.05, 3.63) is 6.42 Å². The van der Waals surface area contributed by atoms with Crippen molar-refractivity contribution >= 4 is 0 Å². The molecule has 0 aliphatic carbocycles. The largest absolute Gasteiger partial charge is 0.0654 e. The smallest absolute Gasteiger partial charge is 0.0386 e. The number of rotatable bonds is 10. The Labute approximate surface area is 91.5 Å². The summed E-state index contributed by atoms with van der Waals surface area (Å²) >= 11 is 0. The Morgan fingerprint density at radius 3 is 2.21 bits per heavy atom. The zero-order chi connectivity index (χ0) is 10.6. The molecule has 0 saturated heterocycles. The summed E-state index contributed by atoms with van der Waals surface area (Å²) in [5, 5.41) is 0. The van der Waals surface area contributed by atoms with Crippen molar-refractivity contribution < 1.29 is 0 Å². The topological polar surface area (TPSA) is 0 Å². The van der Waals surface area contributed by atoms with Crippen LogP contribution in [-0.2, 0) is 0 Å². The molecule has 85 valence electrons. The van der Waals surface area contributed by atoms with Crippen LogP contribution in [0.2, 0.25) is 0 Å². The van der Waals surface area contributed by atoms with Gasteiger partial charge in [-0.15, -0.1) is 0 Å². The van der Waals surface area contributed by atoms with Crippen LogP contribution < -0.4 is 0 Å². The second kappa shape index (κ2) is 11.1. The maximum atomic E-state index is 2.49. The summed E-state index contributed by atoms with van der Waals surface area (Å²) < 4.78 is 0. The first-order valence-corrected chi connectivity index (χ1v) is 6.62. The van der Waals surface area contributed by atoms with Gasteiger partial charge in [-0.2, -0.15) is 0 Å². The molecule has 0 saturated carbocycles. The third kappa shape index (κ3) is 10.1. The molecule has 0 amide bonds. The van der Waals surface area contributed by atoms with Gasteiger partial charge < -0.3 is 0 Å². The Hall–Kier alpha value is 0. The molecule has 0 nitrogen and oxygen atoms in total. The molecule has 0 aromatic heterocycles. The van der Waals surface area contributed by atoms with Crippen LogP contribution in [0, 0.1) is 12.3 Å². The van der Waals surface area contributed by atoms with Crippen molar-refractivity contribution in [2.45, 2.75) is 78.6 Å². The number of hydrogen-bond acceptors (Lipinski definition) is 0. The molecule has 0 aliphatic rings. The quantitative estimate of drug-likeness (QED) is 0.413. The van der Waals surface area contributed by atoms with Crippen LogP contribution in [-0.4, -0.2) is 0 Å². The normalized spacial score (nSPS) is 13.1. The third-order valence-corrected chi connectivity index (χ3v) is 2.93. The molecular weight excluding hydrogens is 168 g/mol. The lowest BCUT2D eigenvalue weighted by Gasteiger charge is -2.10. The molecule has 0 aromatic carbocycles. The summed E-state index contributed by atoms with van der Waals surface area (Å²) in [4.78, 5) is 0. The summed E-state index contributed by atoms with van der Waals surface area (Å²) in [6.45, 7) is 6.95. The predicted molar refractivity (Wildman–Crippen MR) is 66.4 cm³/mol. The van der Waals surface area contributed by atoms with Gasteiger partial charge in [0.2, 0.25) is 0 Å². The van der Waals surface area contributed by atoms with E-state index in [4.69, 9.17) is 0 Å². The molecule has 0 heteroatoms. The first-order chi connectivity index (χ1) is 6.81. The fraction of sp³-hybridized carbons (Fsp3) is 0.929. The van der Waals surface area contributed by atoms with E-state index in [9.17, 15) is 0 Å². The van der Waals surface area contributed by atoms with Gasteiger partial charge in [-0.25, -0.2) is 0 Å². The minimum absolute atomic E-state index is 0.944. The number of hydrogen-bond donors (Lipinski definition) is 0. The molecule has 14 heavy (non-hydrogen) atoms. The summed E-state index contributed by atoms with van der Waals surface area (Å²) in [6.07, 6.45) is 14.9. The summed E-state index contributed by atoms with van der Waals surface area (Å²) in [7, 11) is 0. The molecule has 0 spiro atoms. The van der Waals surface area contributed by atoms with Crippen LogP contribution in [0.15, 0.2) is 0 Å². The maximum Gasteiger partial charge on any atom is -0.0386 e. The monoisotopic (exact) mass is 197 g/mol. The fourth-order valence-electron chi connectivity index (χ4n) is 1.78. The predicted octanol–water partition coefficient (Wildman–Crippen LogP) is 5.38. The highest BCUT2D eigenvalue weighted by Crippen LogP contribution is 2.16. The van der Waals surface area contributed by atoms with Gasteiger partial charge in [0, 0.05) is 0 Å². The second-order valence-electron chi connectivity index (χ2n) is 4.61. The SMILES string of the molecule is CCCC[CH]CCC(C)CCCCC. The highest BCUT2D eigenvalue weighted by atomic mass is 14.1. The lowest BCUT2D eigenvalue weighted by atomic mass is 9.96. The van der Waals surface area contributed by atoms with Crippen molar-refractivity contribution in [2.24, 2.45) is 5.92 Å². The first kappa shape index (κ1) is 14.0. The molecule has 0 heterocycles. The molecule has 1 radical (unpaired) electrons. The van der Waals surface area contributed by atoms with Gasteiger partial charge in [0.25, 0.3) is 0 Å². The van der Waals surface area contributed by atoms with Gasteiger partial charge in [0.1, 0.15) is 0 Å². The van der Waals surface area contributed by atoms with E-state index in [2.05, 4.69) is 27.2 Å². The second-order valence-corrected chi connectivity index (χ2v) is 4.61. The number of unbranched alkanes of at least 4 members (excludes halogenated alkanes) is 6. The minimum Gasteiger partial charge on any atom is -0.0654 e. The summed E-state index contributed by atoms with van der Waals surface area (Å²) in [5.41, 5.74) is 0. The van der Waals surface area contributed by atoms with E-state index < -0.39 is 0 Å². The Bertz CT molecular complexity index is 96.2. The van der Waals surface area contributed by atoms with Crippen LogP contribution in [0.3, 0.4) is 0 Å². The maximum absolute atomic E-state index is 2.49. The molecule has 0 aliphatic heterocycles. The van der Waals surface area contributed by atoms with E-state index in [0.29, 0.717) is 0 Å². The highest BCUT2D eigenvalue weighted by molar-refractivity contribution is 4.66. The van der Waals surface area contributed by atoms with Crippen molar-refractivity contribution in [3.8, 4) is 0 Å². The standard InChI is InChI=1S/C14H29/c1-4-6-8-9-11-13-14(3)12-10-7-5-2/h9,14H,4-8,10-13H2,1-3H3. The molecule has 0 aromatic rings. The van der Waals surface area contributed by atoms with Gasteiger partial charge in [0.15, 0.2) is 0 Å². The van der Waals surface area contributed by atoms with Crippen LogP contribution >= 0.6 is 0 Å². The highest BCUT2D eigenvalue weighted by Gasteiger charge is 2.01. The zero-order valence-electron chi connectivity index (χ0n) is 10.5. The van der Waals surface area contributed by atoms with E-state index in [0.717, 1.165) is 5.92 Å². The van der Waals surface area contributed by atoms with E-state index in [-0.39, 0.29) is 0 Å². The molecule has 1 atom stereocenters. The Kier molecular flexibility index (Phi) is 11.1. The van der Waals surface area contributed by atoms with Crippen molar-refractivity contribution in [2.75, 3.05) is 0 Å². The molecule has 0 rings (SSSR count).